The van der Waals surface area contributed by atoms with Crippen LogP contribution in [0.5, 0.6) is 0 Å². The van der Waals surface area contributed by atoms with E-state index in [2.05, 4.69) is 10.5 Å². The molecule has 2 rings (SSSR count). The summed E-state index contributed by atoms with van der Waals surface area (Å²) in [5.41, 5.74) is -0.308. The maximum atomic E-state index is 13.2. The summed E-state index contributed by atoms with van der Waals surface area (Å²) in [6, 6.07) is 4.68. The standard InChI is InChI=1S/C12H9FN2O4/c1-6-4-10(15-19-6)11(16)14-7-2-3-9(13)8(5-7)12(17)18/h2-5H,1H3,(H,14,16)(H,17,18). The Morgan fingerprint density at radius 1 is 1.37 bits per heavy atom. The molecule has 19 heavy (non-hydrogen) atoms. The van der Waals surface area contributed by atoms with Gasteiger partial charge in [0, 0.05) is 11.8 Å². The molecule has 0 fully saturated rings. The number of hydrogen-bond acceptors (Lipinski definition) is 4. The quantitative estimate of drug-likeness (QED) is 0.885. The lowest BCUT2D eigenvalue weighted by atomic mass is 10.2. The number of halogens is 1. The van der Waals surface area contributed by atoms with Crippen LogP contribution in [0.4, 0.5) is 10.1 Å². The van der Waals surface area contributed by atoms with E-state index in [0.717, 1.165) is 12.1 Å². The Bertz CT molecular complexity index is 651. The lowest BCUT2D eigenvalue weighted by Crippen LogP contribution is -2.13. The minimum atomic E-state index is -1.41. The van der Waals surface area contributed by atoms with E-state index in [1.807, 2.05) is 0 Å². The fourth-order valence-corrected chi connectivity index (χ4v) is 1.44. The SMILES string of the molecule is Cc1cc(C(=O)Nc2ccc(F)c(C(=O)O)c2)no1. The number of aromatic carboxylic acids is 1. The molecule has 0 radical (unpaired) electrons. The van der Waals surface area contributed by atoms with Crippen LogP contribution >= 0.6 is 0 Å². The van der Waals surface area contributed by atoms with Crippen LogP contribution in [0.15, 0.2) is 28.8 Å². The number of rotatable bonds is 3. The van der Waals surface area contributed by atoms with Crippen molar-refractivity contribution in [1.29, 1.82) is 0 Å². The first kappa shape index (κ1) is 12.7. The molecule has 0 saturated heterocycles. The first-order valence-electron chi connectivity index (χ1n) is 5.25. The number of hydrogen-bond donors (Lipinski definition) is 2. The van der Waals surface area contributed by atoms with Gasteiger partial charge < -0.3 is 14.9 Å². The number of carboxylic acid groups (broad SMARTS) is 1. The van der Waals surface area contributed by atoms with Crippen molar-refractivity contribution in [3.05, 3.63) is 47.1 Å². The predicted molar refractivity (Wildman–Crippen MR) is 62.6 cm³/mol. The van der Waals surface area contributed by atoms with Crippen molar-refractivity contribution in [3.8, 4) is 0 Å². The van der Waals surface area contributed by atoms with Gasteiger partial charge in [0.25, 0.3) is 5.91 Å². The number of nitrogens with zero attached hydrogens (tertiary/aromatic N) is 1. The average Bonchev–Trinajstić information content (AvgIpc) is 2.78. The van der Waals surface area contributed by atoms with Crippen molar-refractivity contribution in [3.63, 3.8) is 0 Å². The Balaban J connectivity index is 2.22. The van der Waals surface area contributed by atoms with Gasteiger partial charge in [0.2, 0.25) is 0 Å². The van der Waals surface area contributed by atoms with Gasteiger partial charge in [-0.1, -0.05) is 5.16 Å². The maximum absolute atomic E-state index is 13.2. The van der Waals surface area contributed by atoms with E-state index in [4.69, 9.17) is 9.63 Å². The summed E-state index contributed by atoms with van der Waals surface area (Å²) >= 11 is 0. The second kappa shape index (κ2) is 4.89. The lowest BCUT2D eigenvalue weighted by Gasteiger charge is -2.04. The molecule has 0 atom stereocenters. The van der Waals surface area contributed by atoms with E-state index in [1.165, 1.54) is 12.1 Å². The number of benzene rings is 1. The molecule has 0 aliphatic heterocycles. The zero-order chi connectivity index (χ0) is 14.0. The molecule has 0 aliphatic carbocycles. The molecule has 6 nitrogen and oxygen atoms in total. The van der Waals surface area contributed by atoms with Gasteiger partial charge in [0.1, 0.15) is 11.6 Å². The third-order valence-corrected chi connectivity index (χ3v) is 2.32. The Hall–Kier alpha value is -2.70. The zero-order valence-corrected chi connectivity index (χ0v) is 9.81. The molecular formula is C12H9FN2O4. The molecule has 0 spiro atoms. The van der Waals surface area contributed by atoms with Gasteiger partial charge in [-0.25, -0.2) is 9.18 Å². The first-order chi connectivity index (χ1) is 8.97. The van der Waals surface area contributed by atoms with E-state index in [-0.39, 0.29) is 11.4 Å². The van der Waals surface area contributed by atoms with Gasteiger partial charge >= 0.3 is 5.97 Å². The summed E-state index contributed by atoms with van der Waals surface area (Å²) in [4.78, 5) is 22.5. The molecule has 2 N–H and O–H groups in total. The molecule has 1 aromatic heterocycles. The largest absolute Gasteiger partial charge is 0.478 e. The van der Waals surface area contributed by atoms with Crippen LogP contribution < -0.4 is 5.32 Å². The van der Waals surface area contributed by atoms with E-state index in [1.54, 1.807) is 6.92 Å². The van der Waals surface area contributed by atoms with Crippen LogP contribution in [0, 0.1) is 12.7 Å². The summed E-state index contributed by atoms with van der Waals surface area (Å²) in [6.07, 6.45) is 0. The van der Waals surface area contributed by atoms with Crippen molar-refractivity contribution in [1.82, 2.24) is 5.16 Å². The van der Waals surface area contributed by atoms with Gasteiger partial charge in [-0.2, -0.15) is 0 Å². The van der Waals surface area contributed by atoms with Gasteiger partial charge in [-0.05, 0) is 25.1 Å². The predicted octanol–water partition coefficient (Wildman–Crippen LogP) is 2.07. The molecule has 7 heteroatoms. The number of carboxylic acids is 1. The van der Waals surface area contributed by atoms with Gasteiger partial charge in [-0.3, -0.25) is 4.79 Å². The Labute approximate surface area is 106 Å². The fourth-order valence-electron chi connectivity index (χ4n) is 1.44. The minimum absolute atomic E-state index is 0.0544. The monoisotopic (exact) mass is 264 g/mol. The van der Waals surface area contributed by atoms with Crippen molar-refractivity contribution in [2.45, 2.75) is 6.92 Å². The third kappa shape index (κ3) is 2.76. The van der Waals surface area contributed by atoms with Gasteiger partial charge in [0.15, 0.2) is 5.69 Å². The van der Waals surface area contributed by atoms with E-state index in [9.17, 15) is 14.0 Å². The van der Waals surface area contributed by atoms with Crippen LogP contribution in [0.1, 0.15) is 26.6 Å². The van der Waals surface area contributed by atoms with Crippen molar-refractivity contribution in [2.24, 2.45) is 0 Å². The highest BCUT2D eigenvalue weighted by Crippen LogP contribution is 2.16. The number of aromatic nitrogens is 1. The second-order valence-corrected chi connectivity index (χ2v) is 3.78. The van der Waals surface area contributed by atoms with Crippen molar-refractivity contribution < 1.29 is 23.6 Å². The summed E-state index contributed by atoms with van der Waals surface area (Å²) in [6.45, 7) is 1.63. The van der Waals surface area contributed by atoms with Gasteiger partial charge in [-0.15, -0.1) is 0 Å². The topological polar surface area (TPSA) is 92.4 Å². The Kier molecular flexibility index (Phi) is 3.28. The highest BCUT2D eigenvalue weighted by atomic mass is 19.1. The van der Waals surface area contributed by atoms with Crippen LogP contribution in [0.25, 0.3) is 0 Å². The zero-order valence-electron chi connectivity index (χ0n) is 9.81. The number of amides is 1. The van der Waals surface area contributed by atoms with Crippen LogP contribution in [-0.2, 0) is 0 Å². The smallest absolute Gasteiger partial charge is 0.338 e. The number of nitrogens with one attached hydrogen (secondary N) is 1. The van der Waals surface area contributed by atoms with E-state index in [0.29, 0.717) is 5.76 Å². The third-order valence-electron chi connectivity index (χ3n) is 2.32. The summed E-state index contributed by atoms with van der Waals surface area (Å²) in [7, 11) is 0. The normalized spacial score (nSPS) is 10.2. The molecule has 0 saturated carbocycles. The molecule has 0 unspecified atom stereocenters. The maximum Gasteiger partial charge on any atom is 0.338 e. The highest BCUT2D eigenvalue weighted by Gasteiger charge is 2.14. The van der Waals surface area contributed by atoms with Crippen molar-refractivity contribution in [2.75, 3.05) is 5.32 Å². The van der Waals surface area contributed by atoms with Crippen LogP contribution in [0.3, 0.4) is 0 Å². The molecule has 1 amide bonds. The molecule has 1 aromatic carbocycles. The molecule has 1 heterocycles. The van der Waals surface area contributed by atoms with Gasteiger partial charge in [0.05, 0.1) is 5.56 Å². The Morgan fingerprint density at radius 2 is 2.11 bits per heavy atom. The second-order valence-electron chi connectivity index (χ2n) is 3.78. The molecule has 98 valence electrons. The lowest BCUT2D eigenvalue weighted by molar-refractivity contribution is 0.0691. The highest BCUT2D eigenvalue weighted by molar-refractivity contribution is 6.03. The number of aryl methyl sites for hydroxylation is 1. The summed E-state index contributed by atoms with van der Waals surface area (Å²) in [5.74, 6) is -2.39. The van der Waals surface area contributed by atoms with Crippen LogP contribution in [-0.4, -0.2) is 22.1 Å². The van der Waals surface area contributed by atoms with E-state index >= 15 is 0 Å². The molecular weight excluding hydrogens is 255 g/mol. The van der Waals surface area contributed by atoms with E-state index < -0.39 is 23.3 Å². The summed E-state index contributed by atoms with van der Waals surface area (Å²) in [5, 5.41) is 14.7. The number of carbonyl (C=O) groups excluding carboxylic acids is 1. The Morgan fingerprint density at radius 3 is 2.68 bits per heavy atom. The van der Waals surface area contributed by atoms with Crippen LogP contribution in [0.2, 0.25) is 0 Å². The van der Waals surface area contributed by atoms with Crippen molar-refractivity contribution >= 4 is 17.6 Å². The first-order valence-corrected chi connectivity index (χ1v) is 5.25. The number of anilines is 1. The molecule has 2 aromatic rings. The number of carbonyl (C=O) groups is 2. The molecule has 0 bridgehead atoms. The fraction of sp³-hybridized carbons (Fsp3) is 0.0833. The average molecular weight is 264 g/mol. The minimum Gasteiger partial charge on any atom is -0.478 e. The molecule has 0 aliphatic rings. The summed E-state index contributed by atoms with van der Waals surface area (Å²) < 4.78 is 17.9.